The fraction of sp³-hybridized carbons (Fsp3) is 0.344. The molecule has 0 saturated carbocycles. The highest BCUT2D eigenvalue weighted by molar-refractivity contribution is 5.83. The molecule has 1 saturated heterocycles. The van der Waals surface area contributed by atoms with Crippen molar-refractivity contribution in [2.24, 2.45) is 5.92 Å². The van der Waals surface area contributed by atoms with Gasteiger partial charge in [0.05, 0.1) is 5.69 Å². The molecule has 7 heteroatoms. The smallest absolute Gasteiger partial charge is 0.223 e. The number of fused-ring (bicyclic) bond motifs is 3. The third-order valence-electron chi connectivity index (χ3n) is 8.34. The lowest BCUT2D eigenvalue weighted by Gasteiger charge is -2.34. The maximum Gasteiger partial charge on any atom is 0.223 e. The average molecular weight is 520 g/mol. The van der Waals surface area contributed by atoms with E-state index >= 15 is 0 Å². The van der Waals surface area contributed by atoms with Crippen molar-refractivity contribution in [3.8, 4) is 11.3 Å². The number of nitrogens with zero attached hydrogens (tertiary/aromatic N) is 4. The van der Waals surface area contributed by atoms with Crippen molar-refractivity contribution in [2.75, 3.05) is 19.6 Å². The van der Waals surface area contributed by atoms with Crippen molar-refractivity contribution in [1.82, 2.24) is 25.0 Å². The van der Waals surface area contributed by atoms with E-state index in [4.69, 9.17) is 4.42 Å². The molecule has 0 radical (unpaired) electrons. The molecule has 0 bridgehead atoms. The summed E-state index contributed by atoms with van der Waals surface area (Å²) in [6, 6.07) is 21.3. The molecule has 0 aliphatic carbocycles. The van der Waals surface area contributed by atoms with Gasteiger partial charge in [0.25, 0.3) is 0 Å². The van der Waals surface area contributed by atoms with Crippen molar-refractivity contribution < 1.29 is 9.21 Å². The van der Waals surface area contributed by atoms with E-state index in [1.165, 1.54) is 16.3 Å². The molecule has 3 aromatic carbocycles. The highest BCUT2D eigenvalue weighted by Crippen LogP contribution is 2.31. The van der Waals surface area contributed by atoms with E-state index in [0.717, 1.165) is 79.1 Å². The first-order chi connectivity index (χ1) is 19.1. The number of aryl methyl sites for hydroxylation is 1. The fourth-order valence-electron chi connectivity index (χ4n) is 6.37. The van der Waals surface area contributed by atoms with E-state index in [1.54, 1.807) is 0 Å². The van der Waals surface area contributed by atoms with E-state index in [2.05, 4.69) is 62.5 Å². The molecule has 2 aromatic heterocycles. The van der Waals surface area contributed by atoms with Gasteiger partial charge >= 0.3 is 0 Å². The second-order valence-electron chi connectivity index (χ2n) is 11.1. The Balaban J connectivity index is 1.01. The number of piperidine rings is 1. The minimum Gasteiger partial charge on any atom is -0.441 e. The molecule has 0 unspecified atom stereocenters. The van der Waals surface area contributed by atoms with Gasteiger partial charge in [-0.3, -0.25) is 14.8 Å². The topological polar surface area (TPSA) is 78.3 Å². The normalized spacial score (nSPS) is 18.1. The van der Waals surface area contributed by atoms with Crippen LogP contribution in [-0.2, 0) is 24.3 Å². The van der Waals surface area contributed by atoms with Gasteiger partial charge in [0, 0.05) is 62.8 Å². The Labute approximate surface area is 227 Å². The van der Waals surface area contributed by atoms with Gasteiger partial charge in [-0.05, 0) is 65.9 Å². The maximum atomic E-state index is 13.5. The Morgan fingerprint density at radius 2 is 1.97 bits per heavy atom. The number of aromatic nitrogens is 3. The standard InChI is InChI=1S/C32H33N5O2/c1-21-33-29-17-26(10-11-30(29)39-21)32-27-20-37(14-12-28(27)34-35-32)31(38)16-22-5-4-13-36(18-22)19-23-8-9-24-6-2-3-7-25(24)15-23/h2-3,6-11,15,17,22H,4-5,12-14,16,18-20H2,1H3,(H,34,35)/t22-/m0/s1. The number of amides is 1. The van der Waals surface area contributed by atoms with Crippen LogP contribution in [0.15, 0.2) is 65.1 Å². The first-order valence-electron chi connectivity index (χ1n) is 14.0. The molecule has 7 rings (SSSR count). The Morgan fingerprint density at radius 1 is 1.08 bits per heavy atom. The van der Waals surface area contributed by atoms with Crippen molar-refractivity contribution in [2.45, 2.75) is 45.7 Å². The van der Waals surface area contributed by atoms with Crippen LogP contribution in [0, 0.1) is 12.8 Å². The molecule has 7 nitrogen and oxygen atoms in total. The molecular formula is C32H33N5O2. The summed E-state index contributed by atoms with van der Waals surface area (Å²) in [5, 5.41) is 10.4. The Hall–Kier alpha value is -3.97. The van der Waals surface area contributed by atoms with Crippen LogP contribution in [-0.4, -0.2) is 50.5 Å². The number of hydrogen-bond acceptors (Lipinski definition) is 5. The monoisotopic (exact) mass is 519 g/mol. The van der Waals surface area contributed by atoms with Gasteiger partial charge < -0.3 is 9.32 Å². The van der Waals surface area contributed by atoms with Gasteiger partial charge in [0.1, 0.15) is 5.52 Å². The summed E-state index contributed by atoms with van der Waals surface area (Å²) in [7, 11) is 0. The second-order valence-corrected chi connectivity index (χ2v) is 11.1. The van der Waals surface area contributed by atoms with E-state index in [9.17, 15) is 4.79 Å². The molecule has 1 amide bonds. The quantitative estimate of drug-likeness (QED) is 0.314. The zero-order valence-electron chi connectivity index (χ0n) is 22.3. The lowest BCUT2D eigenvalue weighted by molar-refractivity contribution is -0.133. The van der Waals surface area contributed by atoms with Crippen LogP contribution in [0.1, 0.15) is 42.0 Å². The van der Waals surface area contributed by atoms with Gasteiger partial charge in [-0.25, -0.2) is 4.98 Å². The van der Waals surface area contributed by atoms with E-state index in [1.807, 2.05) is 30.0 Å². The molecule has 5 aromatic rings. The first kappa shape index (κ1) is 24.1. The Kier molecular flexibility index (Phi) is 6.16. The minimum absolute atomic E-state index is 0.257. The number of oxazole rings is 1. The maximum absolute atomic E-state index is 13.5. The summed E-state index contributed by atoms with van der Waals surface area (Å²) in [6.07, 6.45) is 3.68. The number of carbonyl (C=O) groups is 1. The van der Waals surface area contributed by atoms with Crippen LogP contribution in [0.2, 0.25) is 0 Å². The third-order valence-corrected chi connectivity index (χ3v) is 8.34. The van der Waals surface area contributed by atoms with Crippen molar-refractivity contribution in [1.29, 1.82) is 0 Å². The minimum atomic E-state index is 0.257. The average Bonchev–Trinajstić information content (AvgIpc) is 3.54. The van der Waals surface area contributed by atoms with Crippen LogP contribution in [0.3, 0.4) is 0 Å². The number of rotatable bonds is 5. The number of aromatic amines is 1. The van der Waals surface area contributed by atoms with E-state index in [-0.39, 0.29) is 5.91 Å². The molecule has 2 aliphatic rings. The molecule has 4 heterocycles. The van der Waals surface area contributed by atoms with Crippen LogP contribution < -0.4 is 0 Å². The predicted octanol–water partition coefficient (Wildman–Crippen LogP) is 5.87. The number of nitrogens with one attached hydrogen (secondary N) is 1. The van der Waals surface area contributed by atoms with Gasteiger partial charge in [0.15, 0.2) is 11.5 Å². The molecule has 39 heavy (non-hydrogen) atoms. The molecule has 1 atom stereocenters. The predicted molar refractivity (Wildman–Crippen MR) is 152 cm³/mol. The number of carbonyl (C=O) groups excluding carboxylic acids is 1. The van der Waals surface area contributed by atoms with Crippen molar-refractivity contribution in [3.63, 3.8) is 0 Å². The molecule has 2 aliphatic heterocycles. The molecule has 0 spiro atoms. The summed E-state index contributed by atoms with van der Waals surface area (Å²) in [4.78, 5) is 22.5. The highest BCUT2D eigenvalue weighted by Gasteiger charge is 2.29. The summed E-state index contributed by atoms with van der Waals surface area (Å²) in [5.41, 5.74) is 7.11. The summed E-state index contributed by atoms with van der Waals surface area (Å²) in [6.45, 7) is 6.21. The lowest BCUT2D eigenvalue weighted by atomic mass is 9.93. The lowest BCUT2D eigenvalue weighted by Crippen LogP contribution is -2.40. The fourth-order valence-corrected chi connectivity index (χ4v) is 6.37. The molecule has 1 fully saturated rings. The van der Waals surface area contributed by atoms with Crippen LogP contribution in [0.5, 0.6) is 0 Å². The summed E-state index contributed by atoms with van der Waals surface area (Å²) in [5.74, 6) is 1.31. The molecular weight excluding hydrogens is 486 g/mol. The van der Waals surface area contributed by atoms with E-state index < -0.39 is 0 Å². The van der Waals surface area contributed by atoms with Crippen LogP contribution in [0.25, 0.3) is 33.1 Å². The zero-order chi connectivity index (χ0) is 26.3. The Bertz CT molecular complexity index is 1670. The van der Waals surface area contributed by atoms with Gasteiger partial charge in [-0.2, -0.15) is 5.10 Å². The van der Waals surface area contributed by atoms with E-state index in [0.29, 0.717) is 24.8 Å². The van der Waals surface area contributed by atoms with Crippen molar-refractivity contribution >= 4 is 27.8 Å². The number of benzene rings is 3. The van der Waals surface area contributed by atoms with Crippen molar-refractivity contribution in [3.05, 3.63) is 83.4 Å². The Morgan fingerprint density at radius 3 is 2.90 bits per heavy atom. The zero-order valence-corrected chi connectivity index (χ0v) is 22.3. The number of likely N-dealkylation sites (tertiary alicyclic amines) is 1. The summed E-state index contributed by atoms with van der Waals surface area (Å²) < 4.78 is 5.64. The van der Waals surface area contributed by atoms with Crippen LogP contribution in [0.4, 0.5) is 0 Å². The van der Waals surface area contributed by atoms with Gasteiger partial charge in [-0.15, -0.1) is 0 Å². The first-order valence-corrected chi connectivity index (χ1v) is 14.0. The third kappa shape index (κ3) is 4.83. The van der Waals surface area contributed by atoms with Crippen LogP contribution >= 0.6 is 0 Å². The number of hydrogen-bond donors (Lipinski definition) is 1. The second kappa shape index (κ2) is 9.97. The summed E-state index contributed by atoms with van der Waals surface area (Å²) >= 11 is 0. The molecule has 1 N–H and O–H groups in total. The SMILES string of the molecule is Cc1nc2cc(-c3n[nH]c4c3CN(C(=O)C[C@@H]3CCCN(Cc5ccc6ccccc6c5)C3)CC4)ccc2o1. The largest absolute Gasteiger partial charge is 0.441 e. The van der Waals surface area contributed by atoms with Gasteiger partial charge in [0.2, 0.25) is 5.91 Å². The molecule has 198 valence electrons. The highest BCUT2D eigenvalue weighted by atomic mass is 16.3. The van der Waals surface area contributed by atoms with Gasteiger partial charge in [-0.1, -0.05) is 36.4 Å². The number of H-pyrrole nitrogens is 1.